The number of nitrogens with one attached hydrogen (secondary N) is 2. The van der Waals surface area contributed by atoms with Crippen molar-refractivity contribution in [3.8, 4) is 0 Å². The lowest BCUT2D eigenvalue weighted by atomic mass is 9.78. The van der Waals surface area contributed by atoms with Crippen molar-refractivity contribution in [1.29, 1.82) is 0 Å². The van der Waals surface area contributed by atoms with E-state index in [1.807, 2.05) is 31.2 Å². The number of hydrogen-bond donors (Lipinski definition) is 2. The van der Waals surface area contributed by atoms with Crippen LogP contribution in [0.3, 0.4) is 0 Å². The molecule has 1 spiro atoms. The van der Waals surface area contributed by atoms with Crippen LogP contribution < -0.4 is 10.6 Å². The fraction of sp³-hybridized carbons (Fsp3) is 0.588. The first-order chi connectivity index (χ1) is 10.2. The van der Waals surface area contributed by atoms with Gasteiger partial charge in [0.1, 0.15) is 0 Å². The molecule has 0 atom stereocenters. The van der Waals surface area contributed by atoms with Gasteiger partial charge in [-0.1, -0.05) is 17.7 Å². The highest BCUT2D eigenvalue weighted by Crippen LogP contribution is 2.38. The number of aryl methyl sites for hydroxylation is 1. The van der Waals surface area contributed by atoms with Crippen molar-refractivity contribution < 1.29 is 4.79 Å². The zero-order chi connectivity index (χ0) is 14.7. The molecule has 0 aromatic heterocycles. The zero-order valence-electron chi connectivity index (χ0n) is 13.2. The number of piperidine rings is 1. The lowest BCUT2D eigenvalue weighted by Crippen LogP contribution is -2.40. The SMILES string of the molecule is Cc1ccc(NC(=O)CN2CCC3(CCNCC3)C2)cc1.Cl. The molecular weight excluding hydrogens is 298 g/mol. The molecule has 0 aliphatic carbocycles. The predicted octanol–water partition coefficient (Wildman–Crippen LogP) is 2.43. The van der Waals surface area contributed by atoms with Gasteiger partial charge in [-0.25, -0.2) is 0 Å². The van der Waals surface area contributed by atoms with Gasteiger partial charge in [-0.2, -0.15) is 0 Å². The topological polar surface area (TPSA) is 44.4 Å². The normalized spacial score (nSPS) is 20.6. The molecule has 2 heterocycles. The minimum Gasteiger partial charge on any atom is -0.325 e. The van der Waals surface area contributed by atoms with E-state index in [1.165, 1.54) is 24.8 Å². The molecule has 3 rings (SSSR count). The van der Waals surface area contributed by atoms with Crippen LogP contribution in [0, 0.1) is 12.3 Å². The average Bonchev–Trinajstić information content (AvgIpc) is 2.84. The molecular formula is C17H26ClN3O. The number of hydrogen-bond acceptors (Lipinski definition) is 3. The molecule has 2 aliphatic heterocycles. The van der Waals surface area contributed by atoms with E-state index < -0.39 is 0 Å². The van der Waals surface area contributed by atoms with Gasteiger partial charge in [0.2, 0.25) is 5.91 Å². The molecule has 1 aromatic carbocycles. The van der Waals surface area contributed by atoms with Crippen molar-refractivity contribution in [1.82, 2.24) is 10.2 Å². The molecule has 2 saturated heterocycles. The number of benzene rings is 1. The summed E-state index contributed by atoms with van der Waals surface area (Å²) in [7, 11) is 0. The lowest BCUT2D eigenvalue weighted by Gasteiger charge is -2.33. The monoisotopic (exact) mass is 323 g/mol. The van der Waals surface area contributed by atoms with Crippen molar-refractivity contribution >= 4 is 24.0 Å². The number of halogens is 1. The smallest absolute Gasteiger partial charge is 0.238 e. The van der Waals surface area contributed by atoms with E-state index in [4.69, 9.17) is 0 Å². The number of likely N-dealkylation sites (tertiary alicyclic amines) is 1. The van der Waals surface area contributed by atoms with Crippen LogP contribution in [0.1, 0.15) is 24.8 Å². The van der Waals surface area contributed by atoms with Crippen LogP contribution in [0.4, 0.5) is 5.69 Å². The van der Waals surface area contributed by atoms with Crippen LogP contribution in [0.15, 0.2) is 24.3 Å². The second-order valence-electron chi connectivity index (χ2n) is 6.62. The number of nitrogens with zero attached hydrogens (tertiary/aromatic N) is 1. The summed E-state index contributed by atoms with van der Waals surface area (Å²) in [5, 5.41) is 6.43. The van der Waals surface area contributed by atoms with Gasteiger partial charge < -0.3 is 10.6 Å². The van der Waals surface area contributed by atoms with E-state index in [-0.39, 0.29) is 18.3 Å². The van der Waals surface area contributed by atoms with Crippen molar-refractivity contribution in [2.75, 3.05) is 38.0 Å². The maximum absolute atomic E-state index is 12.2. The third kappa shape index (κ3) is 4.22. The summed E-state index contributed by atoms with van der Waals surface area (Å²) >= 11 is 0. The van der Waals surface area contributed by atoms with Crippen molar-refractivity contribution in [2.45, 2.75) is 26.2 Å². The first-order valence-electron chi connectivity index (χ1n) is 7.95. The standard InChI is InChI=1S/C17H25N3O.ClH/c1-14-2-4-15(5-3-14)19-16(21)12-20-11-8-17(13-20)6-9-18-10-7-17;/h2-5,18H,6-13H2,1H3,(H,19,21);1H. The molecule has 22 heavy (non-hydrogen) atoms. The molecule has 0 saturated carbocycles. The van der Waals surface area contributed by atoms with E-state index >= 15 is 0 Å². The van der Waals surface area contributed by atoms with Crippen LogP contribution in [0.2, 0.25) is 0 Å². The Morgan fingerprint density at radius 3 is 2.59 bits per heavy atom. The summed E-state index contributed by atoms with van der Waals surface area (Å²) < 4.78 is 0. The summed E-state index contributed by atoms with van der Waals surface area (Å²) in [5.74, 6) is 0.102. The Hall–Kier alpha value is -1.10. The zero-order valence-corrected chi connectivity index (χ0v) is 14.0. The molecule has 0 radical (unpaired) electrons. The Labute approximate surface area is 139 Å². The molecule has 5 heteroatoms. The molecule has 1 aromatic rings. The number of anilines is 1. The van der Waals surface area contributed by atoms with Crippen molar-refractivity contribution in [3.05, 3.63) is 29.8 Å². The summed E-state index contributed by atoms with van der Waals surface area (Å²) in [4.78, 5) is 14.5. The van der Waals surface area contributed by atoms with Gasteiger partial charge in [0.25, 0.3) is 0 Å². The second-order valence-corrected chi connectivity index (χ2v) is 6.62. The maximum atomic E-state index is 12.2. The Kier molecular flexibility index (Phi) is 5.84. The van der Waals surface area contributed by atoms with Crippen LogP contribution in [-0.4, -0.2) is 43.5 Å². The third-order valence-electron chi connectivity index (χ3n) is 4.88. The lowest BCUT2D eigenvalue weighted by molar-refractivity contribution is -0.117. The first-order valence-corrected chi connectivity index (χ1v) is 7.95. The van der Waals surface area contributed by atoms with Crippen molar-refractivity contribution in [2.24, 2.45) is 5.41 Å². The highest BCUT2D eigenvalue weighted by molar-refractivity contribution is 5.92. The first kappa shape index (κ1) is 17.3. The third-order valence-corrected chi connectivity index (χ3v) is 4.88. The Bertz CT molecular complexity index is 497. The number of carbonyl (C=O) groups is 1. The fourth-order valence-corrected chi connectivity index (χ4v) is 3.57. The molecule has 1 amide bonds. The highest BCUT2D eigenvalue weighted by Gasteiger charge is 2.39. The van der Waals surface area contributed by atoms with Crippen LogP contribution in [0.5, 0.6) is 0 Å². The molecule has 2 aliphatic rings. The quantitative estimate of drug-likeness (QED) is 0.898. The van der Waals surface area contributed by atoms with Crippen molar-refractivity contribution in [3.63, 3.8) is 0 Å². The van der Waals surface area contributed by atoms with Crippen LogP contribution in [0.25, 0.3) is 0 Å². The van der Waals surface area contributed by atoms with E-state index in [0.717, 1.165) is 31.9 Å². The largest absolute Gasteiger partial charge is 0.325 e. The van der Waals surface area contributed by atoms with Gasteiger partial charge in [0, 0.05) is 12.2 Å². The maximum Gasteiger partial charge on any atom is 0.238 e. The second kappa shape index (κ2) is 7.44. The molecule has 4 nitrogen and oxygen atoms in total. The van der Waals surface area contributed by atoms with Gasteiger partial charge in [-0.15, -0.1) is 12.4 Å². The van der Waals surface area contributed by atoms with Gasteiger partial charge in [-0.05, 0) is 63.4 Å². The van der Waals surface area contributed by atoms with E-state index in [2.05, 4.69) is 15.5 Å². The fourth-order valence-electron chi connectivity index (χ4n) is 3.57. The van der Waals surface area contributed by atoms with E-state index in [0.29, 0.717) is 12.0 Å². The molecule has 2 N–H and O–H groups in total. The summed E-state index contributed by atoms with van der Waals surface area (Å²) in [6.07, 6.45) is 3.75. The summed E-state index contributed by atoms with van der Waals surface area (Å²) in [5.41, 5.74) is 2.57. The molecule has 0 bridgehead atoms. The Morgan fingerprint density at radius 2 is 1.91 bits per heavy atom. The Balaban J connectivity index is 0.00000176. The summed E-state index contributed by atoms with van der Waals surface area (Å²) in [6.45, 7) is 6.96. The van der Waals surface area contributed by atoms with E-state index in [9.17, 15) is 4.79 Å². The van der Waals surface area contributed by atoms with Gasteiger partial charge in [0.15, 0.2) is 0 Å². The van der Waals surface area contributed by atoms with Crippen LogP contribution in [-0.2, 0) is 4.79 Å². The van der Waals surface area contributed by atoms with Gasteiger partial charge in [0.05, 0.1) is 6.54 Å². The predicted molar refractivity (Wildman–Crippen MR) is 92.7 cm³/mol. The molecule has 122 valence electrons. The minimum absolute atomic E-state index is 0. The average molecular weight is 324 g/mol. The molecule has 0 unspecified atom stereocenters. The number of rotatable bonds is 3. The summed E-state index contributed by atoms with van der Waals surface area (Å²) in [6, 6.07) is 7.97. The Morgan fingerprint density at radius 1 is 1.23 bits per heavy atom. The van der Waals surface area contributed by atoms with Gasteiger partial charge in [-0.3, -0.25) is 9.69 Å². The highest BCUT2D eigenvalue weighted by atomic mass is 35.5. The number of carbonyl (C=O) groups excluding carboxylic acids is 1. The van der Waals surface area contributed by atoms with Crippen LogP contribution >= 0.6 is 12.4 Å². The van der Waals surface area contributed by atoms with E-state index in [1.54, 1.807) is 0 Å². The number of amides is 1. The molecule has 2 fully saturated rings. The van der Waals surface area contributed by atoms with Gasteiger partial charge >= 0.3 is 0 Å². The minimum atomic E-state index is 0.